The minimum absolute atomic E-state index is 0.270. The molecule has 1 aromatic carbocycles. The van der Waals surface area contributed by atoms with E-state index in [0.29, 0.717) is 0 Å². The smallest absolute Gasteiger partial charge is 0.122 e. The van der Waals surface area contributed by atoms with Crippen LogP contribution in [0.2, 0.25) is 0 Å². The van der Waals surface area contributed by atoms with E-state index in [0.717, 1.165) is 36.6 Å². The highest BCUT2D eigenvalue weighted by Crippen LogP contribution is 2.26. The normalized spacial score (nSPS) is 16.3. The summed E-state index contributed by atoms with van der Waals surface area (Å²) < 4.78 is 5.52. The standard InChI is InChI=1S/C17H21NO2S/c1-12(9-15(19)17-3-2-8-21-17)18-11-13-4-5-16-14(10-13)6-7-20-16/h2-5,8,10,12,15,18-19H,6-7,9,11H2,1H3. The molecule has 1 aliphatic heterocycles. The third-order valence-electron chi connectivity index (χ3n) is 3.86. The molecule has 2 unspecified atom stereocenters. The summed E-state index contributed by atoms with van der Waals surface area (Å²) in [5, 5.41) is 15.6. The van der Waals surface area contributed by atoms with E-state index in [1.807, 2.05) is 17.5 Å². The van der Waals surface area contributed by atoms with Crippen LogP contribution < -0.4 is 10.1 Å². The maximum absolute atomic E-state index is 10.2. The van der Waals surface area contributed by atoms with Gasteiger partial charge in [-0.2, -0.15) is 0 Å². The van der Waals surface area contributed by atoms with E-state index in [9.17, 15) is 5.11 Å². The zero-order valence-electron chi connectivity index (χ0n) is 12.2. The molecule has 3 rings (SSSR count). The molecule has 3 nitrogen and oxygen atoms in total. The van der Waals surface area contributed by atoms with Gasteiger partial charge in [0.25, 0.3) is 0 Å². The van der Waals surface area contributed by atoms with Crippen molar-refractivity contribution >= 4 is 11.3 Å². The second-order valence-corrected chi connectivity index (χ2v) is 6.57. The Bertz CT molecular complexity index is 582. The molecule has 112 valence electrons. The quantitative estimate of drug-likeness (QED) is 0.860. The summed E-state index contributed by atoms with van der Waals surface area (Å²) in [4.78, 5) is 1.04. The van der Waals surface area contributed by atoms with Crippen LogP contribution in [0.15, 0.2) is 35.7 Å². The maximum atomic E-state index is 10.2. The molecular formula is C17H21NO2S. The molecule has 0 saturated heterocycles. The molecule has 2 heterocycles. The number of nitrogens with one attached hydrogen (secondary N) is 1. The Morgan fingerprint density at radius 1 is 1.38 bits per heavy atom. The van der Waals surface area contributed by atoms with E-state index < -0.39 is 0 Å². The van der Waals surface area contributed by atoms with Crippen LogP contribution in [-0.4, -0.2) is 17.8 Å². The monoisotopic (exact) mass is 303 g/mol. The minimum atomic E-state index is -0.374. The first-order chi connectivity index (χ1) is 10.2. The summed E-state index contributed by atoms with van der Waals surface area (Å²) >= 11 is 1.61. The molecular weight excluding hydrogens is 282 g/mol. The molecule has 2 atom stereocenters. The van der Waals surface area contributed by atoms with Crippen molar-refractivity contribution in [3.8, 4) is 5.75 Å². The van der Waals surface area contributed by atoms with Crippen LogP contribution in [0.3, 0.4) is 0 Å². The van der Waals surface area contributed by atoms with Crippen molar-refractivity contribution in [3.05, 3.63) is 51.7 Å². The molecule has 0 aliphatic carbocycles. The summed E-state index contributed by atoms with van der Waals surface area (Å²) in [6, 6.07) is 10.6. The lowest BCUT2D eigenvalue weighted by Gasteiger charge is -2.17. The van der Waals surface area contributed by atoms with E-state index in [1.54, 1.807) is 11.3 Å². The second kappa shape index (κ2) is 6.60. The lowest BCUT2D eigenvalue weighted by atomic mass is 10.1. The van der Waals surface area contributed by atoms with Crippen LogP contribution in [0.4, 0.5) is 0 Å². The van der Waals surface area contributed by atoms with Gasteiger partial charge in [0.15, 0.2) is 0 Å². The van der Waals surface area contributed by atoms with E-state index in [4.69, 9.17) is 4.74 Å². The predicted molar refractivity (Wildman–Crippen MR) is 85.8 cm³/mol. The fourth-order valence-electron chi connectivity index (χ4n) is 2.66. The van der Waals surface area contributed by atoms with Crippen molar-refractivity contribution in [2.24, 2.45) is 0 Å². The summed E-state index contributed by atoms with van der Waals surface area (Å²) in [7, 11) is 0. The van der Waals surface area contributed by atoms with Crippen molar-refractivity contribution in [1.29, 1.82) is 0 Å². The Morgan fingerprint density at radius 3 is 3.10 bits per heavy atom. The summed E-state index contributed by atoms with van der Waals surface area (Å²) in [5.74, 6) is 1.03. The fourth-order valence-corrected chi connectivity index (χ4v) is 3.38. The van der Waals surface area contributed by atoms with Gasteiger partial charge in [0.1, 0.15) is 5.75 Å². The number of hydrogen-bond acceptors (Lipinski definition) is 4. The highest BCUT2D eigenvalue weighted by Gasteiger charge is 2.14. The fraction of sp³-hybridized carbons (Fsp3) is 0.412. The van der Waals surface area contributed by atoms with E-state index in [-0.39, 0.29) is 12.1 Å². The van der Waals surface area contributed by atoms with Crippen LogP contribution in [0.1, 0.15) is 35.5 Å². The molecule has 2 aromatic rings. The van der Waals surface area contributed by atoms with Crippen LogP contribution >= 0.6 is 11.3 Å². The van der Waals surface area contributed by atoms with Gasteiger partial charge in [-0.1, -0.05) is 18.2 Å². The SMILES string of the molecule is CC(CC(O)c1cccs1)NCc1ccc2c(c1)CCO2. The number of fused-ring (bicyclic) bond motifs is 1. The van der Waals surface area contributed by atoms with Gasteiger partial charge in [0.2, 0.25) is 0 Å². The van der Waals surface area contributed by atoms with Gasteiger partial charge in [0, 0.05) is 23.9 Å². The molecule has 1 aromatic heterocycles. The molecule has 0 fully saturated rings. The number of hydrogen-bond donors (Lipinski definition) is 2. The van der Waals surface area contributed by atoms with Crippen molar-refractivity contribution in [2.45, 2.75) is 38.5 Å². The third-order valence-corrected chi connectivity index (χ3v) is 4.83. The lowest BCUT2D eigenvalue weighted by molar-refractivity contribution is 0.157. The van der Waals surface area contributed by atoms with Gasteiger partial charge >= 0.3 is 0 Å². The zero-order valence-corrected chi connectivity index (χ0v) is 13.0. The topological polar surface area (TPSA) is 41.5 Å². The van der Waals surface area contributed by atoms with Gasteiger partial charge in [0.05, 0.1) is 12.7 Å². The lowest BCUT2D eigenvalue weighted by Crippen LogP contribution is -2.27. The summed E-state index contributed by atoms with van der Waals surface area (Å²) in [5.41, 5.74) is 2.58. The first-order valence-corrected chi connectivity index (χ1v) is 8.30. The van der Waals surface area contributed by atoms with Gasteiger partial charge in [-0.3, -0.25) is 0 Å². The Morgan fingerprint density at radius 2 is 2.29 bits per heavy atom. The zero-order chi connectivity index (χ0) is 14.7. The van der Waals surface area contributed by atoms with Crippen molar-refractivity contribution in [2.75, 3.05) is 6.61 Å². The van der Waals surface area contributed by atoms with Crippen molar-refractivity contribution in [3.63, 3.8) is 0 Å². The molecule has 4 heteroatoms. The van der Waals surface area contributed by atoms with Crippen LogP contribution in [0.25, 0.3) is 0 Å². The first-order valence-electron chi connectivity index (χ1n) is 7.42. The molecule has 0 bridgehead atoms. The Labute approximate surface area is 129 Å². The molecule has 0 spiro atoms. The average molecular weight is 303 g/mol. The molecule has 0 amide bonds. The predicted octanol–water partition coefficient (Wildman–Crippen LogP) is 3.28. The van der Waals surface area contributed by atoms with Gasteiger partial charge in [-0.15, -0.1) is 11.3 Å². The highest BCUT2D eigenvalue weighted by atomic mass is 32.1. The largest absolute Gasteiger partial charge is 0.493 e. The Kier molecular flexibility index (Phi) is 4.58. The highest BCUT2D eigenvalue weighted by molar-refractivity contribution is 7.10. The summed E-state index contributed by atoms with van der Waals surface area (Å²) in [6.07, 6.45) is 1.37. The number of aliphatic hydroxyl groups excluding tert-OH is 1. The minimum Gasteiger partial charge on any atom is -0.493 e. The Hall–Kier alpha value is -1.36. The first kappa shape index (κ1) is 14.6. The molecule has 1 aliphatic rings. The molecule has 21 heavy (non-hydrogen) atoms. The van der Waals surface area contributed by atoms with Crippen molar-refractivity contribution in [1.82, 2.24) is 5.32 Å². The van der Waals surface area contributed by atoms with Gasteiger partial charge < -0.3 is 15.2 Å². The number of benzene rings is 1. The molecule has 0 radical (unpaired) electrons. The number of thiophene rings is 1. The Balaban J connectivity index is 1.50. The summed E-state index contributed by atoms with van der Waals surface area (Å²) in [6.45, 7) is 3.74. The van der Waals surface area contributed by atoms with Crippen molar-refractivity contribution < 1.29 is 9.84 Å². The molecule has 2 N–H and O–H groups in total. The second-order valence-electron chi connectivity index (χ2n) is 5.59. The van der Waals surface area contributed by atoms with Crippen LogP contribution in [0, 0.1) is 0 Å². The molecule has 0 saturated carbocycles. The van der Waals surface area contributed by atoms with E-state index in [1.165, 1.54) is 11.1 Å². The van der Waals surface area contributed by atoms with Crippen LogP contribution in [-0.2, 0) is 13.0 Å². The van der Waals surface area contributed by atoms with E-state index >= 15 is 0 Å². The third kappa shape index (κ3) is 3.64. The average Bonchev–Trinajstić information content (AvgIpc) is 3.15. The number of ether oxygens (including phenoxy) is 1. The van der Waals surface area contributed by atoms with E-state index in [2.05, 4.69) is 30.4 Å². The maximum Gasteiger partial charge on any atom is 0.122 e. The van der Waals surface area contributed by atoms with Gasteiger partial charge in [-0.05, 0) is 42.0 Å². The van der Waals surface area contributed by atoms with Gasteiger partial charge in [-0.25, -0.2) is 0 Å². The number of aliphatic hydroxyl groups is 1. The van der Waals surface area contributed by atoms with Crippen LogP contribution in [0.5, 0.6) is 5.75 Å². The number of rotatable bonds is 6.